The van der Waals surface area contributed by atoms with Crippen molar-refractivity contribution in [3.05, 3.63) is 53.0 Å². The standard InChI is InChI=1S/C22H29N5O/c1-5-17(13-28-4)27(3)12-15-6-7-19-16(10-15)11-20(26-19)18-8-9-23-22-21(18)24-14(2)25-22/h6-10,17,20,26H,5,11-13H2,1-4H3,(H,23,24,25). The van der Waals surface area contributed by atoms with Gasteiger partial charge in [0.1, 0.15) is 11.3 Å². The van der Waals surface area contributed by atoms with Crippen LogP contribution in [-0.4, -0.2) is 46.7 Å². The molecule has 2 atom stereocenters. The lowest BCUT2D eigenvalue weighted by atomic mass is 10.0. The summed E-state index contributed by atoms with van der Waals surface area (Å²) in [6.07, 6.45) is 3.91. The predicted octanol–water partition coefficient (Wildman–Crippen LogP) is 3.83. The van der Waals surface area contributed by atoms with E-state index in [-0.39, 0.29) is 6.04 Å². The molecule has 1 aliphatic rings. The summed E-state index contributed by atoms with van der Waals surface area (Å²) in [5, 5.41) is 3.67. The average molecular weight is 380 g/mol. The number of ether oxygens (including phenoxy) is 1. The molecule has 0 saturated carbocycles. The predicted molar refractivity (Wildman–Crippen MR) is 113 cm³/mol. The van der Waals surface area contributed by atoms with Crippen molar-refractivity contribution in [2.45, 2.75) is 45.3 Å². The Morgan fingerprint density at radius 2 is 2.18 bits per heavy atom. The summed E-state index contributed by atoms with van der Waals surface area (Å²) in [5.74, 6) is 0.900. The first kappa shape index (κ1) is 18.9. The van der Waals surface area contributed by atoms with Gasteiger partial charge in [-0.1, -0.05) is 19.1 Å². The van der Waals surface area contributed by atoms with Crippen molar-refractivity contribution in [1.82, 2.24) is 19.9 Å². The van der Waals surface area contributed by atoms with Gasteiger partial charge in [0.05, 0.1) is 12.6 Å². The lowest BCUT2D eigenvalue weighted by Crippen LogP contribution is -2.34. The Kier molecular flexibility index (Phi) is 5.33. The van der Waals surface area contributed by atoms with Gasteiger partial charge in [-0.15, -0.1) is 0 Å². The molecule has 3 aromatic rings. The van der Waals surface area contributed by atoms with Gasteiger partial charge >= 0.3 is 0 Å². The summed E-state index contributed by atoms with van der Waals surface area (Å²) >= 11 is 0. The fourth-order valence-corrected chi connectivity index (χ4v) is 4.19. The molecule has 3 heterocycles. The highest BCUT2D eigenvalue weighted by Crippen LogP contribution is 2.36. The van der Waals surface area contributed by atoms with E-state index in [1.807, 2.05) is 13.1 Å². The molecule has 6 heteroatoms. The minimum atomic E-state index is 0.230. The Morgan fingerprint density at radius 3 is 2.96 bits per heavy atom. The molecule has 2 aromatic heterocycles. The zero-order valence-electron chi connectivity index (χ0n) is 17.1. The van der Waals surface area contributed by atoms with Crippen molar-refractivity contribution in [1.29, 1.82) is 0 Å². The van der Waals surface area contributed by atoms with Gasteiger partial charge in [0, 0.05) is 37.1 Å². The number of nitrogens with one attached hydrogen (secondary N) is 2. The number of hydrogen-bond donors (Lipinski definition) is 2. The number of aromatic nitrogens is 3. The van der Waals surface area contributed by atoms with Gasteiger partial charge in [0.2, 0.25) is 0 Å². The summed E-state index contributed by atoms with van der Waals surface area (Å²) in [7, 11) is 3.95. The molecule has 0 bridgehead atoms. The molecule has 1 aliphatic heterocycles. The van der Waals surface area contributed by atoms with E-state index in [9.17, 15) is 0 Å². The SMILES string of the molecule is CCC(COC)N(C)Cc1ccc2c(c1)CC(c1ccnc3[nH]c(C)nc13)N2. The Labute approximate surface area is 166 Å². The van der Waals surface area contributed by atoms with E-state index in [0.29, 0.717) is 6.04 Å². The van der Waals surface area contributed by atoms with Crippen molar-refractivity contribution in [2.75, 3.05) is 26.1 Å². The van der Waals surface area contributed by atoms with Crippen molar-refractivity contribution >= 4 is 16.9 Å². The number of anilines is 1. The van der Waals surface area contributed by atoms with Crippen LogP contribution in [0.2, 0.25) is 0 Å². The number of pyridine rings is 1. The van der Waals surface area contributed by atoms with Crippen LogP contribution in [0.5, 0.6) is 0 Å². The van der Waals surface area contributed by atoms with Crippen molar-refractivity contribution in [3.8, 4) is 0 Å². The van der Waals surface area contributed by atoms with E-state index in [2.05, 4.69) is 63.4 Å². The second-order valence-corrected chi connectivity index (χ2v) is 7.74. The van der Waals surface area contributed by atoms with Crippen LogP contribution in [-0.2, 0) is 17.7 Å². The number of aromatic amines is 1. The molecular weight excluding hydrogens is 350 g/mol. The molecule has 28 heavy (non-hydrogen) atoms. The number of H-pyrrole nitrogens is 1. The lowest BCUT2D eigenvalue weighted by molar-refractivity contribution is 0.0998. The summed E-state index contributed by atoms with van der Waals surface area (Å²) in [6, 6.07) is 9.53. The van der Waals surface area contributed by atoms with Crippen LogP contribution in [0.3, 0.4) is 0 Å². The molecule has 148 valence electrons. The maximum Gasteiger partial charge on any atom is 0.157 e. The monoisotopic (exact) mass is 379 g/mol. The third-order valence-electron chi connectivity index (χ3n) is 5.72. The molecule has 0 spiro atoms. The van der Waals surface area contributed by atoms with Gasteiger partial charge in [-0.05, 0) is 50.1 Å². The third kappa shape index (κ3) is 3.62. The normalized spacial score (nSPS) is 17.1. The van der Waals surface area contributed by atoms with Crippen LogP contribution in [0.25, 0.3) is 11.2 Å². The van der Waals surface area contributed by atoms with Gasteiger partial charge in [-0.2, -0.15) is 0 Å². The molecule has 6 nitrogen and oxygen atoms in total. The fraction of sp³-hybridized carbons (Fsp3) is 0.455. The zero-order chi connectivity index (χ0) is 19.7. The van der Waals surface area contributed by atoms with Gasteiger partial charge < -0.3 is 15.0 Å². The van der Waals surface area contributed by atoms with Gasteiger partial charge in [0.25, 0.3) is 0 Å². The first-order valence-electron chi connectivity index (χ1n) is 9.97. The fourth-order valence-electron chi connectivity index (χ4n) is 4.19. The van der Waals surface area contributed by atoms with E-state index in [0.717, 1.165) is 43.0 Å². The Bertz CT molecular complexity index is 967. The summed E-state index contributed by atoms with van der Waals surface area (Å²) in [5.41, 5.74) is 6.96. The number of benzene rings is 1. The molecule has 0 aliphatic carbocycles. The summed E-state index contributed by atoms with van der Waals surface area (Å²) in [6.45, 7) is 5.88. The highest BCUT2D eigenvalue weighted by molar-refractivity contribution is 5.77. The third-order valence-corrected chi connectivity index (χ3v) is 5.72. The first-order valence-corrected chi connectivity index (χ1v) is 9.97. The van der Waals surface area contributed by atoms with Crippen molar-refractivity contribution < 1.29 is 4.74 Å². The number of aryl methyl sites for hydroxylation is 1. The van der Waals surface area contributed by atoms with Crippen LogP contribution in [0.15, 0.2) is 30.5 Å². The number of nitrogens with zero attached hydrogens (tertiary/aromatic N) is 3. The second kappa shape index (κ2) is 7.89. The number of rotatable bonds is 7. The Hall–Kier alpha value is -2.44. The van der Waals surface area contributed by atoms with Gasteiger partial charge in [-0.25, -0.2) is 9.97 Å². The van der Waals surface area contributed by atoms with E-state index in [4.69, 9.17) is 4.74 Å². The lowest BCUT2D eigenvalue weighted by Gasteiger charge is -2.26. The zero-order valence-corrected chi connectivity index (χ0v) is 17.1. The number of imidazole rings is 1. The minimum absolute atomic E-state index is 0.230. The molecule has 2 N–H and O–H groups in total. The van der Waals surface area contributed by atoms with Gasteiger partial charge in [0.15, 0.2) is 5.65 Å². The molecule has 0 amide bonds. The van der Waals surface area contributed by atoms with E-state index in [1.165, 1.54) is 22.4 Å². The average Bonchev–Trinajstić information content (AvgIpc) is 3.27. The molecule has 0 radical (unpaired) electrons. The largest absolute Gasteiger partial charge is 0.383 e. The summed E-state index contributed by atoms with van der Waals surface area (Å²) in [4.78, 5) is 14.7. The molecule has 0 saturated heterocycles. The Morgan fingerprint density at radius 1 is 1.32 bits per heavy atom. The van der Waals surface area contributed by atoms with Crippen molar-refractivity contribution in [3.63, 3.8) is 0 Å². The second-order valence-electron chi connectivity index (χ2n) is 7.74. The highest BCUT2D eigenvalue weighted by atomic mass is 16.5. The van der Waals surface area contributed by atoms with Crippen LogP contribution >= 0.6 is 0 Å². The maximum absolute atomic E-state index is 5.36. The highest BCUT2D eigenvalue weighted by Gasteiger charge is 2.25. The molecule has 4 rings (SSSR count). The summed E-state index contributed by atoms with van der Waals surface area (Å²) < 4.78 is 5.36. The van der Waals surface area contributed by atoms with Crippen molar-refractivity contribution in [2.24, 2.45) is 0 Å². The number of methoxy groups -OCH3 is 1. The van der Waals surface area contributed by atoms with E-state index in [1.54, 1.807) is 7.11 Å². The van der Waals surface area contributed by atoms with E-state index >= 15 is 0 Å². The van der Waals surface area contributed by atoms with Crippen LogP contribution < -0.4 is 5.32 Å². The minimum Gasteiger partial charge on any atom is -0.383 e. The van der Waals surface area contributed by atoms with Crippen LogP contribution in [0, 0.1) is 6.92 Å². The maximum atomic E-state index is 5.36. The Balaban J connectivity index is 1.52. The first-order chi connectivity index (χ1) is 13.6. The molecular formula is C22H29N5O. The molecule has 1 aromatic carbocycles. The number of hydrogen-bond acceptors (Lipinski definition) is 5. The smallest absolute Gasteiger partial charge is 0.157 e. The van der Waals surface area contributed by atoms with Crippen LogP contribution in [0.4, 0.5) is 5.69 Å². The quantitative estimate of drug-likeness (QED) is 0.653. The molecule has 0 fully saturated rings. The molecule has 2 unspecified atom stereocenters. The van der Waals surface area contributed by atoms with Crippen LogP contribution in [0.1, 0.15) is 41.9 Å². The van der Waals surface area contributed by atoms with Gasteiger partial charge in [-0.3, -0.25) is 4.90 Å². The number of fused-ring (bicyclic) bond motifs is 2. The topological polar surface area (TPSA) is 66.1 Å². The number of likely N-dealkylation sites (N-methyl/N-ethyl adjacent to an activating group) is 1. The van der Waals surface area contributed by atoms with E-state index < -0.39 is 0 Å².